The molecule has 1 aliphatic heterocycles. The van der Waals surface area contributed by atoms with Crippen molar-refractivity contribution in [3.8, 4) is 0 Å². The topological polar surface area (TPSA) is 64.9 Å². The fourth-order valence-corrected chi connectivity index (χ4v) is 3.01. The van der Waals surface area contributed by atoms with Gasteiger partial charge in [-0.05, 0) is 18.8 Å². The van der Waals surface area contributed by atoms with Crippen molar-refractivity contribution in [3.63, 3.8) is 0 Å². The van der Waals surface area contributed by atoms with Crippen LogP contribution in [-0.2, 0) is 11.8 Å². The zero-order valence-electron chi connectivity index (χ0n) is 14.1. The smallest absolute Gasteiger partial charge is 0.138 e. The maximum atomic E-state index is 6.01. The van der Waals surface area contributed by atoms with Gasteiger partial charge in [0.2, 0.25) is 0 Å². The molecule has 23 heavy (non-hydrogen) atoms. The van der Waals surface area contributed by atoms with Gasteiger partial charge in [-0.2, -0.15) is 0 Å². The molecule has 0 amide bonds. The maximum Gasteiger partial charge on any atom is 0.138 e. The lowest BCUT2D eigenvalue weighted by molar-refractivity contribution is -0.0305. The molecule has 1 aliphatic rings. The fourth-order valence-electron chi connectivity index (χ4n) is 3.01. The SMILES string of the molecule is CC(C)c1cc(NC[C@@H]2CCCO[C@H]2c2nccn2C)ncn1. The van der Waals surface area contributed by atoms with Crippen LogP contribution in [0.4, 0.5) is 5.82 Å². The molecule has 1 N–H and O–H groups in total. The molecule has 2 aromatic rings. The maximum absolute atomic E-state index is 6.01. The summed E-state index contributed by atoms with van der Waals surface area (Å²) >= 11 is 0. The zero-order chi connectivity index (χ0) is 16.2. The van der Waals surface area contributed by atoms with Crippen LogP contribution < -0.4 is 5.32 Å². The molecule has 0 aliphatic carbocycles. The quantitative estimate of drug-likeness (QED) is 0.919. The molecule has 6 nitrogen and oxygen atoms in total. The number of hydrogen-bond donors (Lipinski definition) is 1. The van der Waals surface area contributed by atoms with E-state index in [4.69, 9.17) is 4.74 Å². The zero-order valence-corrected chi connectivity index (χ0v) is 14.1. The van der Waals surface area contributed by atoms with Gasteiger partial charge in [-0.3, -0.25) is 0 Å². The van der Waals surface area contributed by atoms with E-state index in [9.17, 15) is 0 Å². The lowest BCUT2D eigenvalue weighted by Crippen LogP contribution is -2.30. The number of nitrogens with one attached hydrogen (secondary N) is 1. The van der Waals surface area contributed by atoms with Crippen molar-refractivity contribution < 1.29 is 4.74 Å². The normalized spacial score (nSPS) is 21.6. The van der Waals surface area contributed by atoms with Crippen molar-refractivity contribution in [2.45, 2.75) is 38.7 Å². The third-order valence-corrected chi connectivity index (χ3v) is 4.38. The molecular weight excluding hydrogens is 290 g/mol. The summed E-state index contributed by atoms with van der Waals surface area (Å²) in [7, 11) is 2.02. The number of rotatable bonds is 5. The average molecular weight is 315 g/mol. The number of imidazole rings is 1. The van der Waals surface area contributed by atoms with Crippen LogP contribution in [0, 0.1) is 5.92 Å². The first-order chi connectivity index (χ1) is 11.1. The Bertz CT molecular complexity index is 639. The summed E-state index contributed by atoms with van der Waals surface area (Å²) in [6, 6.07) is 2.03. The number of ether oxygens (including phenoxy) is 1. The standard InChI is InChI=1S/C17H25N5O/c1-12(2)14-9-15(21-11-20-14)19-10-13-5-4-8-23-16(13)17-18-6-7-22(17)3/h6-7,9,11-13,16H,4-5,8,10H2,1-3H3,(H,19,20,21)/t13-,16+/m0/s1. The summed E-state index contributed by atoms with van der Waals surface area (Å²) in [5.74, 6) is 2.68. The van der Waals surface area contributed by atoms with Crippen LogP contribution in [0.3, 0.4) is 0 Å². The first-order valence-electron chi connectivity index (χ1n) is 8.29. The minimum absolute atomic E-state index is 0.0441. The van der Waals surface area contributed by atoms with E-state index in [1.807, 2.05) is 30.1 Å². The second kappa shape index (κ2) is 7.08. The van der Waals surface area contributed by atoms with Crippen LogP contribution >= 0.6 is 0 Å². The summed E-state index contributed by atoms with van der Waals surface area (Å²) in [5, 5.41) is 3.45. The lowest BCUT2D eigenvalue weighted by atomic mass is 9.93. The predicted octanol–water partition coefficient (Wildman–Crippen LogP) is 2.91. The first-order valence-corrected chi connectivity index (χ1v) is 8.29. The highest BCUT2D eigenvalue weighted by Gasteiger charge is 2.30. The largest absolute Gasteiger partial charge is 0.370 e. The Morgan fingerprint density at radius 1 is 1.35 bits per heavy atom. The molecule has 0 aromatic carbocycles. The van der Waals surface area contributed by atoms with Gasteiger partial charge in [0.25, 0.3) is 0 Å². The highest BCUT2D eigenvalue weighted by atomic mass is 16.5. The van der Waals surface area contributed by atoms with Gasteiger partial charge in [-0.25, -0.2) is 15.0 Å². The Morgan fingerprint density at radius 2 is 2.22 bits per heavy atom. The van der Waals surface area contributed by atoms with E-state index >= 15 is 0 Å². The molecule has 1 fully saturated rings. The Hall–Kier alpha value is -1.95. The van der Waals surface area contributed by atoms with Gasteiger partial charge in [-0.1, -0.05) is 13.8 Å². The first kappa shape index (κ1) is 15.9. The molecule has 2 aromatic heterocycles. The van der Waals surface area contributed by atoms with Crippen molar-refractivity contribution in [3.05, 3.63) is 36.3 Å². The second-order valence-electron chi connectivity index (χ2n) is 6.45. The number of nitrogens with zero attached hydrogens (tertiary/aromatic N) is 4. The molecular formula is C17H25N5O. The molecule has 0 spiro atoms. The van der Waals surface area contributed by atoms with E-state index in [0.717, 1.165) is 43.3 Å². The monoisotopic (exact) mass is 315 g/mol. The van der Waals surface area contributed by atoms with E-state index < -0.39 is 0 Å². The van der Waals surface area contributed by atoms with Gasteiger partial charge in [0.05, 0.1) is 0 Å². The third-order valence-electron chi connectivity index (χ3n) is 4.38. The van der Waals surface area contributed by atoms with E-state index in [1.54, 1.807) is 6.33 Å². The van der Waals surface area contributed by atoms with Gasteiger partial charge in [0.1, 0.15) is 24.1 Å². The summed E-state index contributed by atoms with van der Waals surface area (Å²) < 4.78 is 8.06. The second-order valence-corrected chi connectivity index (χ2v) is 6.45. The molecule has 6 heteroatoms. The van der Waals surface area contributed by atoms with Crippen molar-refractivity contribution in [1.29, 1.82) is 0 Å². The molecule has 3 rings (SSSR count). The van der Waals surface area contributed by atoms with Crippen LogP contribution in [-0.4, -0.2) is 32.7 Å². The molecule has 3 heterocycles. The van der Waals surface area contributed by atoms with Crippen molar-refractivity contribution >= 4 is 5.82 Å². The van der Waals surface area contributed by atoms with Crippen LogP contribution in [0.1, 0.15) is 50.2 Å². The Morgan fingerprint density at radius 3 is 2.96 bits per heavy atom. The third kappa shape index (κ3) is 3.69. The van der Waals surface area contributed by atoms with Crippen LogP contribution in [0.25, 0.3) is 0 Å². The van der Waals surface area contributed by atoms with E-state index in [-0.39, 0.29) is 6.10 Å². The van der Waals surface area contributed by atoms with Crippen molar-refractivity contribution in [1.82, 2.24) is 19.5 Å². The number of hydrogen-bond acceptors (Lipinski definition) is 5. The highest BCUT2D eigenvalue weighted by molar-refractivity contribution is 5.35. The van der Waals surface area contributed by atoms with E-state index in [0.29, 0.717) is 11.8 Å². The molecule has 124 valence electrons. The number of aryl methyl sites for hydroxylation is 1. The summed E-state index contributed by atoms with van der Waals surface area (Å²) in [6.07, 6.45) is 7.70. The lowest BCUT2D eigenvalue weighted by Gasteiger charge is -2.31. The average Bonchev–Trinajstić information content (AvgIpc) is 2.99. The molecule has 0 bridgehead atoms. The van der Waals surface area contributed by atoms with E-state index in [2.05, 4.69) is 34.1 Å². The number of anilines is 1. The van der Waals surface area contributed by atoms with Gasteiger partial charge >= 0.3 is 0 Å². The van der Waals surface area contributed by atoms with Gasteiger partial charge < -0.3 is 14.6 Å². The Kier molecular flexibility index (Phi) is 4.91. The highest BCUT2D eigenvalue weighted by Crippen LogP contribution is 2.32. The van der Waals surface area contributed by atoms with Crippen LogP contribution in [0.2, 0.25) is 0 Å². The fraction of sp³-hybridized carbons (Fsp3) is 0.588. The Balaban J connectivity index is 1.68. The molecule has 0 radical (unpaired) electrons. The molecule has 2 atom stereocenters. The summed E-state index contributed by atoms with van der Waals surface area (Å²) in [5.41, 5.74) is 1.06. The van der Waals surface area contributed by atoms with Crippen LogP contribution in [0.5, 0.6) is 0 Å². The van der Waals surface area contributed by atoms with Crippen LogP contribution in [0.15, 0.2) is 24.8 Å². The van der Waals surface area contributed by atoms with Gasteiger partial charge in [0.15, 0.2) is 0 Å². The van der Waals surface area contributed by atoms with Gasteiger partial charge in [-0.15, -0.1) is 0 Å². The molecule has 0 saturated carbocycles. The predicted molar refractivity (Wildman–Crippen MR) is 89.2 cm³/mol. The minimum atomic E-state index is 0.0441. The number of aromatic nitrogens is 4. The molecule has 1 saturated heterocycles. The summed E-state index contributed by atoms with van der Waals surface area (Å²) in [4.78, 5) is 13.1. The molecule has 0 unspecified atom stereocenters. The van der Waals surface area contributed by atoms with E-state index in [1.165, 1.54) is 0 Å². The van der Waals surface area contributed by atoms with Crippen molar-refractivity contribution in [2.75, 3.05) is 18.5 Å². The Labute approximate surface area is 137 Å². The summed E-state index contributed by atoms with van der Waals surface area (Å²) in [6.45, 7) is 5.90. The van der Waals surface area contributed by atoms with Gasteiger partial charge in [0, 0.05) is 50.3 Å². The minimum Gasteiger partial charge on any atom is -0.370 e. The van der Waals surface area contributed by atoms with Crippen molar-refractivity contribution in [2.24, 2.45) is 13.0 Å².